The Morgan fingerprint density at radius 1 is 1.57 bits per heavy atom. The maximum Gasteiger partial charge on any atom is 0.216 e. The van der Waals surface area contributed by atoms with Crippen molar-refractivity contribution in [1.29, 1.82) is 0 Å². The third kappa shape index (κ3) is 2.76. The number of nitrogens with one attached hydrogen (secondary N) is 2. The minimum atomic E-state index is 0.0751. The molecule has 1 amide bonds. The minimum absolute atomic E-state index is 0.0751. The molecule has 0 radical (unpaired) electrons. The highest BCUT2D eigenvalue weighted by Crippen LogP contribution is 2.51. The lowest BCUT2D eigenvalue weighted by atomic mass is 9.59. The summed E-state index contributed by atoms with van der Waals surface area (Å²) in [7, 11) is 0. The molecule has 1 aromatic heterocycles. The van der Waals surface area contributed by atoms with Gasteiger partial charge in [-0.05, 0) is 61.5 Å². The first-order chi connectivity index (χ1) is 10.1. The van der Waals surface area contributed by atoms with E-state index in [9.17, 15) is 4.79 Å². The van der Waals surface area contributed by atoms with Crippen molar-refractivity contribution in [1.82, 2.24) is 15.5 Å². The molecule has 1 fully saturated rings. The monoisotopic (exact) mass is 287 g/mol. The zero-order valence-corrected chi connectivity index (χ0v) is 13.0. The van der Waals surface area contributed by atoms with Crippen molar-refractivity contribution in [3.8, 4) is 0 Å². The normalized spacial score (nSPS) is 27.5. The zero-order chi connectivity index (χ0) is 14.9. The Kier molecular flexibility index (Phi) is 3.87. The van der Waals surface area contributed by atoms with Crippen LogP contribution in [0.2, 0.25) is 0 Å². The van der Waals surface area contributed by atoms with Crippen molar-refractivity contribution < 1.29 is 4.79 Å². The Balaban J connectivity index is 1.70. The van der Waals surface area contributed by atoms with Gasteiger partial charge in [0.25, 0.3) is 0 Å². The predicted molar refractivity (Wildman–Crippen MR) is 83.6 cm³/mol. The highest BCUT2D eigenvalue weighted by atomic mass is 16.1. The third-order valence-corrected chi connectivity index (χ3v) is 5.36. The van der Waals surface area contributed by atoms with Crippen molar-refractivity contribution in [2.45, 2.75) is 52.4 Å². The second-order valence-corrected chi connectivity index (χ2v) is 6.79. The second-order valence-electron chi connectivity index (χ2n) is 6.79. The van der Waals surface area contributed by atoms with Gasteiger partial charge < -0.3 is 5.32 Å². The molecule has 0 aromatic carbocycles. The summed E-state index contributed by atoms with van der Waals surface area (Å²) in [4.78, 5) is 11.0. The van der Waals surface area contributed by atoms with E-state index < -0.39 is 0 Å². The highest BCUT2D eigenvalue weighted by Gasteiger charge is 2.42. The molecule has 4 nitrogen and oxygen atoms in total. The lowest BCUT2D eigenvalue weighted by Crippen LogP contribution is -2.37. The number of amides is 1. The molecule has 2 atom stereocenters. The van der Waals surface area contributed by atoms with E-state index in [0.29, 0.717) is 5.92 Å². The molecule has 3 rings (SSSR count). The van der Waals surface area contributed by atoms with Crippen LogP contribution >= 0.6 is 0 Å². The smallest absolute Gasteiger partial charge is 0.216 e. The van der Waals surface area contributed by atoms with Gasteiger partial charge >= 0.3 is 0 Å². The summed E-state index contributed by atoms with van der Waals surface area (Å²) >= 11 is 0. The van der Waals surface area contributed by atoms with E-state index in [-0.39, 0.29) is 11.3 Å². The maximum absolute atomic E-state index is 11.0. The average Bonchev–Trinajstić information content (AvgIpc) is 2.87. The fourth-order valence-electron chi connectivity index (χ4n) is 4.13. The van der Waals surface area contributed by atoms with Crippen LogP contribution in [0.3, 0.4) is 0 Å². The molecule has 2 aliphatic carbocycles. The predicted octanol–water partition coefficient (Wildman–Crippen LogP) is 3.07. The largest absolute Gasteiger partial charge is 0.356 e. The number of aromatic amines is 1. The molecular formula is C17H25N3O. The Morgan fingerprint density at radius 2 is 2.43 bits per heavy atom. The number of allylic oxidation sites excluding steroid dienone is 1. The molecule has 1 saturated carbocycles. The second kappa shape index (κ2) is 5.66. The quantitative estimate of drug-likeness (QED) is 0.836. The minimum Gasteiger partial charge on any atom is -0.356 e. The Morgan fingerprint density at radius 3 is 3.24 bits per heavy atom. The molecular weight excluding hydrogens is 262 g/mol. The van der Waals surface area contributed by atoms with E-state index in [1.165, 1.54) is 36.9 Å². The number of hydrogen-bond acceptors (Lipinski definition) is 2. The fourth-order valence-corrected chi connectivity index (χ4v) is 4.13. The van der Waals surface area contributed by atoms with E-state index >= 15 is 0 Å². The summed E-state index contributed by atoms with van der Waals surface area (Å²) in [5.41, 5.74) is 4.44. The van der Waals surface area contributed by atoms with E-state index in [2.05, 4.69) is 28.5 Å². The lowest BCUT2D eigenvalue weighted by Gasteiger charge is -2.46. The molecule has 0 saturated heterocycles. The standard InChI is InChI=1S/C17H25N3O/c1-12(21)18-8-4-7-14-5-3-6-15-9-16-13(11-19-20-16)10-17(14,15)2/h9,11,14H,3-8,10H2,1-2H3,(H,18,21)(H,19,20)/t14-,17-/m1/s1. The van der Waals surface area contributed by atoms with Gasteiger partial charge in [0.1, 0.15) is 0 Å². The van der Waals surface area contributed by atoms with Crippen LogP contribution in [0.25, 0.3) is 6.08 Å². The van der Waals surface area contributed by atoms with Crippen molar-refractivity contribution in [3.63, 3.8) is 0 Å². The Hall–Kier alpha value is -1.58. The molecule has 114 valence electrons. The van der Waals surface area contributed by atoms with Crippen LogP contribution in [0.1, 0.15) is 57.2 Å². The van der Waals surface area contributed by atoms with Gasteiger partial charge in [0.05, 0.1) is 11.9 Å². The first kappa shape index (κ1) is 14.4. The van der Waals surface area contributed by atoms with Crippen molar-refractivity contribution >= 4 is 12.0 Å². The van der Waals surface area contributed by atoms with Crippen molar-refractivity contribution in [3.05, 3.63) is 23.0 Å². The maximum atomic E-state index is 11.0. The number of fused-ring (bicyclic) bond motifs is 2. The van der Waals surface area contributed by atoms with Gasteiger partial charge in [-0.1, -0.05) is 12.5 Å². The SMILES string of the molecule is CC(=O)NCCC[C@H]1CCCC2=Cc3[nH]ncc3C[C@@]21C. The molecule has 2 aliphatic rings. The summed E-state index contributed by atoms with van der Waals surface area (Å²) < 4.78 is 0. The van der Waals surface area contributed by atoms with Crippen LogP contribution in [0.4, 0.5) is 0 Å². The topological polar surface area (TPSA) is 57.8 Å². The van der Waals surface area contributed by atoms with Crippen LogP contribution in [0.5, 0.6) is 0 Å². The Bertz CT molecular complexity index is 560. The van der Waals surface area contributed by atoms with Crippen LogP contribution in [-0.4, -0.2) is 22.6 Å². The molecule has 0 unspecified atom stereocenters. The first-order valence-corrected chi connectivity index (χ1v) is 8.07. The fraction of sp³-hybridized carbons (Fsp3) is 0.647. The number of H-pyrrole nitrogens is 1. The first-order valence-electron chi connectivity index (χ1n) is 8.07. The van der Waals surface area contributed by atoms with Gasteiger partial charge in [0.15, 0.2) is 0 Å². The molecule has 1 aromatic rings. The molecule has 2 N–H and O–H groups in total. The number of hydrogen-bond donors (Lipinski definition) is 2. The van der Waals surface area contributed by atoms with Gasteiger partial charge in [0, 0.05) is 13.5 Å². The molecule has 0 spiro atoms. The zero-order valence-electron chi connectivity index (χ0n) is 13.0. The molecule has 1 heterocycles. The van der Waals surface area contributed by atoms with E-state index in [4.69, 9.17) is 0 Å². The van der Waals surface area contributed by atoms with Crippen LogP contribution < -0.4 is 5.32 Å². The van der Waals surface area contributed by atoms with Gasteiger partial charge in [-0.3, -0.25) is 9.89 Å². The summed E-state index contributed by atoms with van der Waals surface area (Å²) in [6.45, 7) is 4.82. The number of nitrogens with zero attached hydrogens (tertiary/aromatic N) is 1. The van der Waals surface area contributed by atoms with E-state index in [1.54, 1.807) is 12.5 Å². The number of aromatic nitrogens is 2. The van der Waals surface area contributed by atoms with Gasteiger partial charge in [-0.15, -0.1) is 0 Å². The van der Waals surface area contributed by atoms with Gasteiger partial charge in [-0.25, -0.2) is 0 Å². The number of carbonyl (C=O) groups excluding carboxylic acids is 1. The summed E-state index contributed by atoms with van der Waals surface area (Å²) in [6, 6.07) is 0. The highest BCUT2D eigenvalue weighted by molar-refractivity contribution is 5.72. The van der Waals surface area contributed by atoms with E-state index in [1.807, 2.05) is 6.20 Å². The van der Waals surface area contributed by atoms with Gasteiger partial charge in [0.2, 0.25) is 5.91 Å². The van der Waals surface area contributed by atoms with Crippen LogP contribution in [-0.2, 0) is 11.2 Å². The molecule has 0 aliphatic heterocycles. The average molecular weight is 287 g/mol. The Labute approximate surface area is 126 Å². The summed E-state index contributed by atoms with van der Waals surface area (Å²) in [5, 5.41) is 10.2. The van der Waals surface area contributed by atoms with Crippen molar-refractivity contribution in [2.24, 2.45) is 11.3 Å². The lowest BCUT2D eigenvalue weighted by molar-refractivity contribution is -0.118. The molecule has 0 bridgehead atoms. The third-order valence-electron chi connectivity index (χ3n) is 5.36. The molecule has 21 heavy (non-hydrogen) atoms. The number of carbonyl (C=O) groups is 1. The van der Waals surface area contributed by atoms with Gasteiger partial charge in [-0.2, -0.15) is 5.10 Å². The van der Waals surface area contributed by atoms with Crippen LogP contribution in [0.15, 0.2) is 11.8 Å². The number of rotatable bonds is 4. The summed E-state index contributed by atoms with van der Waals surface area (Å²) in [5.74, 6) is 0.792. The van der Waals surface area contributed by atoms with Crippen molar-refractivity contribution in [2.75, 3.05) is 6.54 Å². The summed E-state index contributed by atoms with van der Waals surface area (Å²) in [6.07, 6.45) is 11.5. The van der Waals surface area contributed by atoms with Crippen LogP contribution in [0, 0.1) is 11.3 Å². The van der Waals surface area contributed by atoms with E-state index in [0.717, 1.165) is 19.4 Å². The molecule has 4 heteroatoms.